The SMILES string of the molecule is CC(C)OC(=O)c1c(NC(=O)CNC(=O)C(C)(C)C)sc2c1CCCC2. The third kappa shape index (κ3) is 5.06. The normalized spacial score (nSPS) is 13.9. The number of hydrogen-bond acceptors (Lipinski definition) is 5. The molecule has 0 radical (unpaired) electrons. The number of carbonyl (C=O) groups is 3. The highest BCUT2D eigenvalue weighted by Crippen LogP contribution is 2.38. The first-order chi connectivity index (χ1) is 12.1. The molecule has 1 aromatic heterocycles. The Morgan fingerprint density at radius 3 is 2.42 bits per heavy atom. The summed E-state index contributed by atoms with van der Waals surface area (Å²) in [4.78, 5) is 37.9. The van der Waals surface area contributed by atoms with Crippen molar-refractivity contribution in [3.05, 3.63) is 16.0 Å². The first kappa shape index (κ1) is 20.4. The van der Waals surface area contributed by atoms with Crippen LogP contribution in [-0.2, 0) is 27.2 Å². The van der Waals surface area contributed by atoms with Crippen LogP contribution in [0.3, 0.4) is 0 Å². The number of esters is 1. The molecule has 1 aliphatic rings. The van der Waals surface area contributed by atoms with Crippen LogP contribution in [0.15, 0.2) is 0 Å². The lowest BCUT2D eigenvalue weighted by Crippen LogP contribution is -2.39. The van der Waals surface area contributed by atoms with E-state index in [0.717, 1.165) is 36.1 Å². The molecule has 0 saturated carbocycles. The van der Waals surface area contributed by atoms with E-state index in [0.29, 0.717) is 10.6 Å². The number of hydrogen-bond donors (Lipinski definition) is 2. The molecule has 7 heteroatoms. The van der Waals surface area contributed by atoms with Gasteiger partial charge < -0.3 is 15.4 Å². The quantitative estimate of drug-likeness (QED) is 0.768. The highest BCUT2D eigenvalue weighted by Gasteiger charge is 2.28. The summed E-state index contributed by atoms with van der Waals surface area (Å²) in [5.74, 6) is -0.939. The number of thiophene rings is 1. The first-order valence-corrected chi connectivity index (χ1v) is 9.85. The monoisotopic (exact) mass is 380 g/mol. The number of ether oxygens (including phenoxy) is 1. The van der Waals surface area contributed by atoms with Crippen LogP contribution in [-0.4, -0.2) is 30.4 Å². The third-order valence-electron chi connectivity index (χ3n) is 4.06. The maximum atomic E-state index is 12.6. The largest absolute Gasteiger partial charge is 0.459 e. The van der Waals surface area contributed by atoms with E-state index in [1.165, 1.54) is 11.3 Å². The molecule has 0 aliphatic heterocycles. The lowest BCUT2D eigenvalue weighted by molar-refractivity contribution is -0.130. The average Bonchev–Trinajstić information content (AvgIpc) is 2.88. The zero-order chi connectivity index (χ0) is 19.5. The molecule has 26 heavy (non-hydrogen) atoms. The molecular formula is C19H28N2O4S. The summed E-state index contributed by atoms with van der Waals surface area (Å²) in [6.45, 7) is 8.83. The summed E-state index contributed by atoms with van der Waals surface area (Å²) < 4.78 is 5.37. The summed E-state index contributed by atoms with van der Waals surface area (Å²) in [5, 5.41) is 5.94. The minimum absolute atomic E-state index is 0.128. The second kappa shape index (κ2) is 8.20. The van der Waals surface area contributed by atoms with E-state index in [1.54, 1.807) is 34.6 Å². The van der Waals surface area contributed by atoms with E-state index in [1.807, 2.05) is 0 Å². The van der Waals surface area contributed by atoms with Crippen LogP contribution in [0.4, 0.5) is 5.00 Å². The Kier molecular flexibility index (Phi) is 6.44. The van der Waals surface area contributed by atoms with E-state index in [-0.39, 0.29) is 24.5 Å². The molecule has 0 unspecified atom stereocenters. The summed E-state index contributed by atoms with van der Waals surface area (Å²) >= 11 is 1.44. The Balaban J connectivity index is 2.15. The zero-order valence-corrected chi connectivity index (χ0v) is 17.0. The van der Waals surface area contributed by atoms with Crippen LogP contribution in [0.5, 0.6) is 0 Å². The van der Waals surface area contributed by atoms with Gasteiger partial charge in [0.05, 0.1) is 18.2 Å². The fourth-order valence-corrected chi connectivity index (χ4v) is 4.03. The van der Waals surface area contributed by atoms with Crippen molar-refractivity contribution >= 4 is 34.1 Å². The van der Waals surface area contributed by atoms with Crippen LogP contribution in [0.2, 0.25) is 0 Å². The Labute approximate surface area is 158 Å². The van der Waals surface area contributed by atoms with Crippen LogP contribution in [0.1, 0.15) is 68.3 Å². The van der Waals surface area contributed by atoms with Crippen LogP contribution in [0.25, 0.3) is 0 Å². The predicted molar refractivity (Wildman–Crippen MR) is 103 cm³/mol. The Morgan fingerprint density at radius 2 is 1.81 bits per heavy atom. The van der Waals surface area contributed by atoms with Crippen LogP contribution >= 0.6 is 11.3 Å². The summed E-state index contributed by atoms with van der Waals surface area (Å²) in [7, 11) is 0. The number of amides is 2. The highest BCUT2D eigenvalue weighted by atomic mass is 32.1. The van der Waals surface area contributed by atoms with Gasteiger partial charge in [0.1, 0.15) is 5.00 Å². The van der Waals surface area contributed by atoms with Gasteiger partial charge >= 0.3 is 5.97 Å². The van der Waals surface area contributed by atoms with Crippen molar-refractivity contribution in [1.29, 1.82) is 0 Å². The zero-order valence-electron chi connectivity index (χ0n) is 16.2. The van der Waals surface area contributed by atoms with E-state index >= 15 is 0 Å². The number of aryl methyl sites for hydroxylation is 1. The third-order valence-corrected chi connectivity index (χ3v) is 5.27. The van der Waals surface area contributed by atoms with E-state index < -0.39 is 11.4 Å². The molecule has 6 nitrogen and oxygen atoms in total. The number of anilines is 1. The van der Waals surface area contributed by atoms with Crippen molar-refractivity contribution < 1.29 is 19.1 Å². The van der Waals surface area contributed by atoms with Gasteiger partial charge in [0.2, 0.25) is 11.8 Å². The molecular weight excluding hydrogens is 352 g/mol. The van der Waals surface area contributed by atoms with Gasteiger partial charge in [-0.2, -0.15) is 0 Å². The molecule has 144 valence electrons. The van der Waals surface area contributed by atoms with Crippen molar-refractivity contribution in [2.45, 2.75) is 66.4 Å². The molecule has 2 N–H and O–H groups in total. The fraction of sp³-hybridized carbons (Fsp3) is 0.632. The molecule has 0 saturated heterocycles. The minimum atomic E-state index is -0.561. The van der Waals surface area contributed by atoms with Gasteiger partial charge in [0.15, 0.2) is 0 Å². The number of nitrogens with one attached hydrogen (secondary N) is 2. The first-order valence-electron chi connectivity index (χ1n) is 9.03. The molecule has 0 spiro atoms. The van der Waals surface area contributed by atoms with Gasteiger partial charge in [0, 0.05) is 10.3 Å². The molecule has 2 rings (SSSR count). The second-order valence-corrected chi connectivity index (χ2v) is 8.96. The molecule has 0 bridgehead atoms. The van der Waals surface area contributed by atoms with Gasteiger partial charge in [-0.25, -0.2) is 4.79 Å². The Morgan fingerprint density at radius 1 is 1.15 bits per heavy atom. The molecule has 0 aromatic carbocycles. The summed E-state index contributed by atoms with van der Waals surface area (Å²) in [6, 6.07) is 0. The average molecular weight is 381 g/mol. The molecule has 2 amide bonds. The molecule has 0 atom stereocenters. The summed E-state index contributed by atoms with van der Waals surface area (Å²) in [6.07, 6.45) is 3.63. The van der Waals surface area contributed by atoms with Crippen molar-refractivity contribution in [3.8, 4) is 0 Å². The smallest absolute Gasteiger partial charge is 0.341 e. The second-order valence-electron chi connectivity index (χ2n) is 7.85. The van der Waals surface area contributed by atoms with Gasteiger partial charge in [-0.15, -0.1) is 11.3 Å². The van der Waals surface area contributed by atoms with E-state index in [4.69, 9.17) is 4.74 Å². The van der Waals surface area contributed by atoms with Gasteiger partial charge in [-0.05, 0) is 45.1 Å². The molecule has 1 aromatic rings. The molecule has 1 heterocycles. The number of carbonyl (C=O) groups excluding carboxylic acids is 3. The van der Waals surface area contributed by atoms with Crippen molar-refractivity contribution in [2.24, 2.45) is 5.41 Å². The highest BCUT2D eigenvalue weighted by molar-refractivity contribution is 7.17. The lowest BCUT2D eigenvalue weighted by Gasteiger charge is -2.17. The van der Waals surface area contributed by atoms with Crippen LogP contribution < -0.4 is 10.6 Å². The number of rotatable bonds is 5. The standard InChI is InChI=1S/C19H28N2O4S/c1-11(2)25-17(23)15-12-8-6-7-9-13(12)26-16(15)21-14(22)10-20-18(24)19(3,4)5/h11H,6-10H2,1-5H3,(H,20,24)(H,21,22). The van der Waals surface area contributed by atoms with Gasteiger partial charge in [-0.1, -0.05) is 20.8 Å². The van der Waals surface area contributed by atoms with E-state index in [2.05, 4.69) is 10.6 Å². The molecule has 0 fully saturated rings. The van der Waals surface area contributed by atoms with Crippen molar-refractivity contribution in [1.82, 2.24) is 5.32 Å². The Bertz CT molecular complexity index is 701. The van der Waals surface area contributed by atoms with Crippen molar-refractivity contribution in [3.63, 3.8) is 0 Å². The predicted octanol–water partition coefficient (Wildman–Crippen LogP) is 3.29. The lowest BCUT2D eigenvalue weighted by atomic mass is 9.95. The topological polar surface area (TPSA) is 84.5 Å². The Hall–Kier alpha value is -1.89. The van der Waals surface area contributed by atoms with Gasteiger partial charge in [-0.3, -0.25) is 9.59 Å². The number of fused-ring (bicyclic) bond motifs is 1. The maximum Gasteiger partial charge on any atom is 0.341 e. The fourth-order valence-electron chi connectivity index (χ4n) is 2.74. The van der Waals surface area contributed by atoms with Crippen LogP contribution in [0, 0.1) is 5.41 Å². The summed E-state index contributed by atoms with van der Waals surface area (Å²) in [5.41, 5.74) is 0.920. The van der Waals surface area contributed by atoms with Crippen molar-refractivity contribution in [2.75, 3.05) is 11.9 Å². The van der Waals surface area contributed by atoms with E-state index in [9.17, 15) is 14.4 Å². The maximum absolute atomic E-state index is 12.6. The van der Waals surface area contributed by atoms with Gasteiger partial charge in [0.25, 0.3) is 0 Å². The minimum Gasteiger partial charge on any atom is -0.459 e. The molecule has 1 aliphatic carbocycles.